The van der Waals surface area contributed by atoms with Gasteiger partial charge in [-0.15, -0.1) is 0 Å². The van der Waals surface area contributed by atoms with E-state index >= 15 is 0 Å². The van der Waals surface area contributed by atoms with Gasteiger partial charge in [-0.2, -0.15) is 0 Å². The van der Waals surface area contributed by atoms with Gasteiger partial charge in [0.25, 0.3) is 5.91 Å². The molecule has 0 aliphatic carbocycles. The lowest BCUT2D eigenvalue weighted by Crippen LogP contribution is -2.58. The number of carboxylic acid groups (broad SMARTS) is 1. The Labute approximate surface area is 161 Å². The number of amides is 1. The molecular weight excluding hydrogens is 368 g/mol. The first-order valence-electron chi connectivity index (χ1n) is 8.94. The molecule has 0 radical (unpaired) electrons. The van der Waals surface area contributed by atoms with Gasteiger partial charge in [0.15, 0.2) is 0 Å². The van der Waals surface area contributed by atoms with Crippen LogP contribution in [0, 0.1) is 24.0 Å². The summed E-state index contributed by atoms with van der Waals surface area (Å²) in [6.07, 6.45) is -1.16. The molecular formula is C21H21F2NO4. The Kier molecular flexibility index (Phi) is 5.47. The van der Waals surface area contributed by atoms with Crippen LogP contribution in [0.3, 0.4) is 0 Å². The Morgan fingerprint density at radius 1 is 1.18 bits per heavy atom. The number of piperidine rings is 1. The number of nitrogens with zero attached hydrogens (tertiary/aromatic N) is 1. The number of aliphatic carboxylic acids is 1. The van der Waals surface area contributed by atoms with E-state index in [4.69, 9.17) is 0 Å². The third-order valence-electron chi connectivity index (χ3n) is 5.35. The Hall–Kier alpha value is -2.80. The highest BCUT2D eigenvalue weighted by molar-refractivity contribution is 5.95. The lowest BCUT2D eigenvalue weighted by molar-refractivity contribution is -0.161. The summed E-state index contributed by atoms with van der Waals surface area (Å²) in [4.78, 5) is 26.3. The zero-order valence-electron chi connectivity index (χ0n) is 15.4. The van der Waals surface area contributed by atoms with Crippen LogP contribution in [0.1, 0.15) is 27.9 Å². The van der Waals surface area contributed by atoms with Gasteiger partial charge in [0.05, 0.1) is 6.10 Å². The maximum atomic E-state index is 13.8. The monoisotopic (exact) mass is 389 g/mol. The molecule has 7 heteroatoms. The van der Waals surface area contributed by atoms with Crippen molar-refractivity contribution in [3.8, 4) is 0 Å². The van der Waals surface area contributed by atoms with Gasteiger partial charge < -0.3 is 15.1 Å². The fraction of sp³-hybridized carbons (Fsp3) is 0.333. The third kappa shape index (κ3) is 3.75. The van der Waals surface area contributed by atoms with Crippen LogP contribution in [0.25, 0.3) is 0 Å². The molecule has 0 unspecified atom stereocenters. The molecule has 1 aliphatic rings. The number of carbonyl (C=O) groups excluding carboxylic acids is 1. The molecule has 5 nitrogen and oxygen atoms in total. The Bertz CT molecular complexity index is 900. The zero-order chi connectivity index (χ0) is 20.5. The van der Waals surface area contributed by atoms with E-state index in [9.17, 15) is 28.6 Å². The van der Waals surface area contributed by atoms with E-state index in [1.54, 1.807) is 6.92 Å². The van der Waals surface area contributed by atoms with E-state index in [0.717, 1.165) is 6.07 Å². The lowest BCUT2D eigenvalue weighted by atomic mass is 9.72. The van der Waals surface area contributed by atoms with Gasteiger partial charge in [-0.25, -0.2) is 8.78 Å². The second-order valence-corrected chi connectivity index (χ2v) is 7.26. The Morgan fingerprint density at radius 3 is 2.46 bits per heavy atom. The average molecular weight is 389 g/mol. The number of rotatable bonds is 4. The quantitative estimate of drug-likeness (QED) is 0.843. The number of hydrogen-bond acceptors (Lipinski definition) is 3. The van der Waals surface area contributed by atoms with E-state index in [2.05, 4.69) is 0 Å². The van der Waals surface area contributed by atoms with Crippen LogP contribution in [0.4, 0.5) is 8.78 Å². The summed E-state index contributed by atoms with van der Waals surface area (Å²) in [5.41, 5.74) is -0.560. The number of hydrogen-bond donors (Lipinski definition) is 2. The smallest absolute Gasteiger partial charge is 0.314 e. The maximum absolute atomic E-state index is 13.8. The summed E-state index contributed by atoms with van der Waals surface area (Å²) in [5, 5.41) is 20.4. The summed E-state index contributed by atoms with van der Waals surface area (Å²) in [7, 11) is 0. The summed E-state index contributed by atoms with van der Waals surface area (Å²) in [6.45, 7) is 1.52. The first-order valence-corrected chi connectivity index (χ1v) is 8.94. The normalized spacial score (nSPS) is 22.1. The lowest BCUT2D eigenvalue weighted by Gasteiger charge is -2.43. The van der Waals surface area contributed by atoms with Crippen molar-refractivity contribution in [1.82, 2.24) is 4.90 Å². The van der Waals surface area contributed by atoms with Crippen LogP contribution < -0.4 is 0 Å². The van der Waals surface area contributed by atoms with E-state index in [1.165, 1.54) is 41.3 Å². The van der Waals surface area contributed by atoms with Gasteiger partial charge in [0.2, 0.25) is 0 Å². The summed E-state index contributed by atoms with van der Waals surface area (Å²) in [5.74, 6) is -2.69. The molecule has 0 bridgehead atoms. The number of aliphatic hydroxyl groups is 1. The van der Waals surface area contributed by atoms with Crippen LogP contribution in [0.15, 0.2) is 42.5 Å². The largest absolute Gasteiger partial charge is 0.481 e. The number of likely N-dealkylation sites (tertiary alicyclic amines) is 1. The summed E-state index contributed by atoms with van der Waals surface area (Å²) in [6, 6.07) is 9.48. The number of halogens is 2. The van der Waals surface area contributed by atoms with Crippen LogP contribution in [-0.4, -0.2) is 46.2 Å². The molecule has 1 aliphatic heterocycles. The second-order valence-electron chi connectivity index (χ2n) is 7.26. The Balaban J connectivity index is 1.89. The summed E-state index contributed by atoms with van der Waals surface area (Å²) < 4.78 is 27.0. The molecule has 28 heavy (non-hydrogen) atoms. The van der Waals surface area contributed by atoms with Crippen molar-refractivity contribution in [2.24, 2.45) is 5.41 Å². The molecule has 0 saturated carbocycles. The van der Waals surface area contributed by atoms with Gasteiger partial charge in [-0.05, 0) is 55.2 Å². The predicted molar refractivity (Wildman–Crippen MR) is 97.8 cm³/mol. The van der Waals surface area contributed by atoms with Crippen LogP contribution >= 0.6 is 0 Å². The number of carboxylic acids is 1. The van der Waals surface area contributed by atoms with E-state index in [1.807, 2.05) is 0 Å². The number of benzene rings is 2. The molecule has 0 spiro atoms. The molecule has 2 aromatic rings. The average Bonchev–Trinajstić information content (AvgIpc) is 2.67. The molecule has 2 N–H and O–H groups in total. The predicted octanol–water partition coefficient (Wildman–Crippen LogP) is 2.79. The van der Waals surface area contributed by atoms with E-state index in [-0.39, 0.29) is 31.5 Å². The topological polar surface area (TPSA) is 77.8 Å². The fourth-order valence-corrected chi connectivity index (χ4v) is 3.59. The van der Waals surface area contributed by atoms with Gasteiger partial charge >= 0.3 is 5.97 Å². The van der Waals surface area contributed by atoms with Crippen LogP contribution in [0.2, 0.25) is 0 Å². The van der Waals surface area contributed by atoms with Gasteiger partial charge in [0.1, 0.15) is 17.0 Å². The van der Waals surface area contributed by atoms with Gasteiger partial charge in [-0.3, -0.25) is 9.59 Å². The van der Waals surface area contributed by atoms with E-state index < -0.39 is 35.0 Å². The van der Waals surface area contributed by atoms with Crippen molar-refractivity contribution in [3.05, 3.63) is 70.8 Å². The van der Waals surface area contributed by atoms with E-state index in [0.29, 0.717) is 11.1 Å². The molecule has 0 aromatic heterocycles. The molecule has 1 heterocycles. The molecule has 3 rings (SSSR count). The fourth-order valence-electron chi connectivity index (χ4n) is 3.59. The van der Waals surface area contributed by atoms with Crippen molar-refractivity contribution in [1.29, 1.82) is 0 Å². The zero-order valence-corrected chi connectivity index (χ0v) is 15.4. The minimum atomic E-state index is -1.63. The minimum Gasteiger partial charge on any atom is -0.481 e. The standard InChI is InChI=1S/C21H21F2NO4/c1-13-2-5-15(10-17(13)23)19(26)24-9-8-18(25)21(12-24,20(27)28)11-14-3-6-16(22)7-4-14/h2-7,10,18,25H,8-9,11-12H2,1H3,(H,27,28)/t18-,21+/m0/s1. The van der Waals surface area contributed by atoms with Crippen molar-refractivity contribution in [2.75, 3.05) is 13.1 Å². The van der Waals surface area contributed by atoms with Crippen molar-refractivity contribution in [2.45, 2.75) is 25.9 Å². The highest BCUT2D eigenvalue weighted by atomic mass is 19.1. The molecule has 1 saturated heterocycles. The molecule has 148 valence electrons. The number of carbonyl (C=O) groups is 2. The van der Waals surface area contributed by atoms with Crippen molar-refractivity contribution >= 4 is 11.9 Å². The highest BCUT2D eigenvalue weighted by Gasteiger charge is 2.50. The van der Waals surface area contributed by atoms with Gasteiger partial charge in [-0.1, -0.05) is 18.2 Å². The minimum absolute atomic E-state index is 0.0597. The number of aliphatic hydroxyl groups excluding tert-OH is 1. The van der Waals surface area contributed by atoms with Crippen molar-refractivity contribution < 1.29 is 28.6 Å². The molecule has 1 amide bonds. The number of aryl methyl sites for hydroxylation is 1. The molecule has 2 aromatic carbocycles. The van der Waals surface area contributed by atoms with Crippen molar-refractivity contribution in [3.63, 3.8) is 0 Å². The highest BCUT2D eigenvalue weighted by Crippen LogP contribution is 2.35. The van der Waals surface area contributed by atoms with Gasteiger partial charge in [0, 0.05) is 18.7 Å². The molecule has 1 fully saturated rings. The van der Waals surface area contributed by atoms with Crippen LogP contribution in [0.5, 0.6) is 0 Å². The SMILES string of the molecule is Cc1ccc(C(=O)N2CC[C@H](O)[C@](Cc3ccc(F)cc3)(C(=O)O)C2)cc1F. The first kappa shape index (κ1) is 19.9. The second kappa shape index (κ2) is 7.67. The third-order valence-corrected chi connectivity index (χ3v) is 5.35. The molecule has 2 atom stereocenters. The first-order chi connectivity index (χ1) is 13.2. The maximum Gasteiger partial charge on any atom is 0.314 e. The Morgan fingerprint density at radius 2 is 1.86 bits per heavy atom. The van der Waals surface area contributed by atoms with Crippen LogP contribution in [-0.2, 0) is 11.2 Å². The summed E-state index contributed by atoms with van der Waals surface area (Å²) >= 11 is 0.